The van der Waals surface area contributed by atoms with Gasteiger partial charge in [-0.15, -0.1) is 0 Å². The predicted molar refractivity (Wildman–Crippen MR) is 91.6 cm³/mol. The number of ketones is 1. The van der Waals surface area contributed by atoms with Crippen LogP contribution in [0, 0.1) is 5.82 Å². The molecule has 0 saturated heterocycles. The van der Waals surface area contributed by atoms with Crippen molar-refractivity contribution in [2.75, 3.05) is 13.7 Å². The molecule has 7 heteroatoms. The second-order valence-electron chi connectivity index (χ2n) is 5.39. The van der Waals surface area contributed by atoms with Gasteiger partial charge in [-0.25, -0.2) is 4.39 Å². The Balaban J connectivity index is 1.87. The van der Waals surface area contributed by atoms with Gasteiger partial charge in [-0.3, -0.25) is 14.4 Å². The molecule has 1 N–H and O–H groups in total. The van der Waals surface area contributed by atoms with Crippen LogP contribution in [0.4, 0.5) is 4.39 Å². The van der Waals surface area contributed by atoms with E-state index in [4.69, 9.17) is 9.47 Å². The molecule has 0 heterocycles. The van der Waals surface area contributed by atoms with Gasteiger partial charge in [0.1, 0.15) is 18.1 Å². The number of hydrogen-bond donors (Lipinski definition) is 1. The summed E-state index contributed by atoms with van der Waals surface area (Å²) in [6.45, 7) is 0.955. The highest BCUT2D eigenvalue weighted by molar-refractivity contribution is 6.00. The van der Waals surface area contributed by atoms with Crippen LogP contribution in [0.15, 0.2) is 48.5 Å². The van der Waals surface area contributed by atoms with Gasteiger partial charge < -0.3 is 14.8 Å². The summed E-state index contributed by atoms with van der Waals surface area (Å²) in [6, 6.07) is 11.8. The number of ether oxygens (including phenoxy) is 2. The van der Waals surface area contributed by atoms with E-state index in [1.165, 1.54) is 32.2 Å². The fraction of sp³-hybridized carbons (Fsp3) is 0.211. The first-order valence-electron chi connectivity index (χ1n) is 7.83. The molecule has 0 aliphatic carbocycles. The summed E-state index contributed by atoms with van der Waals surface area (Å²) in [5, 5.41) is 2.26. The van der Waals surface area contributed by atoms with Gasteiger partial charge in [0, 0.05) is 5.56 Å². The van der Waals surface area contributed by atoms with Crippen LogP contribution >= 0.6 is 0 Å². The van der Waals surface area contributed by atoms with Gasteiger partial charge in [-0.05, 0) is 43.3 Å². The molecule has 0 bridgehead atoms. The van der Waals surface area contributed by atoms with E-state index in [0.717, 1.165) is 6.07 Å². The van der Waals surface area contributed by atoms with E-state index in [1.54, 1.807) is 24.3 Å². The van der Waals surface area contributed by atoms with Crippen molar-refractivity contribution in [3.63, 3.8) is 0 Å². The van der Waals surface area contributed by atoms with Gasteiger partial charge in [-0.2, -0.15) is 0 Å². The number of benzene rings is 2. The smallest absolute Gasteiger partial charge is 0.326 e. The van der Waals surface area contributed by atoms with Gasteiger partial charge in [0.2, 0.25) is 5.78 Å². The van der Waals surface area contributed by atoms with Crippen molar-refractivity contribution >= 4 is 17.7 Å². The Kier molecular flexibility index (Phi) is 6.43. The molecule has 26 heavy (non-hydrogen) atoms. The molecule has 0 aliphatic heterocycles. The third-order valence-corrected chi connectivity index (χ3v) is 3.56. The summed E-state index contributed by atoms with van der Waals surface area (Å²) in [5.41, 5.74) is 0.184. The molecule has 0 saturated carbocycles. The Bertz CT molecular complexity index is 804. The van der Waals surface area contributed by atoms with Crippen molar-refractivity contribution in [2.45, 2.75) is 13.0 Å². The van der Waals surface area contributed by atoms with Crippen LogP contribution < -0.4 is 10.1 Å². The third kappa shape index (κ3) is 4.89. The summed E-state index contributed by atoms with van der Waals surface area (Å²) in [4.78, 5) is 35.9. The summed E-state index contributed by atoms with van der Waals surface area (Å²) >= 11 is 0. The molecule has 1 amide bonds. The molecular weight excluding hydrogens is 341 g/mol. The number of esters is 1. The van der Waals surface area contributed by atoms with Crippen LogP contribution in [-0.2, 0) is 9.53 Å². The van der Waals surface area contributed by atoms with Crippen molar-refractivity contribution in [2.24, 2.45) is 0 Å². The molecular formula is C19H18FNO5. The standard InChI is InChI=1S/C19H18FNO5/c1-12(18(23)13-7-9-14(25-2)10-8-13)26-17(22)11-21-19(24)15-5-3-4-6-16(15)20/h3-10,12H,11H2,1-2H3,(H,21,24)/t12-/m1/s1. The fourth-order valence-electron chi connectivity index (χ4n) is 2.18. The number of carbonyl (C=O) groups excluding carboxylic acids is 3. The van der Waals surface area contributed by atoms with Crippen LogP contribution in [0.3, 0.4) is 0 Å². The van der Waals surface area contributed by atoms with E-state index in [9.17, 15) is 18.8 Å². The number of methoxy groups -OCH3 is 1. The Morgan fingerprint density at radius 1 is 1.08 bits per heavy atom. The van der Waals surface area contributed by atoms with Gasteiger partial charge in [-0.1, -0.05) is 12.1 Å². The molecule has 0 aromatic heterocycles. The van der Waals surface area contributed by atoms with Gasteiger partial charge in [0.25, 0.3) is 5.91 Å². The minimum absolute atomic E-state index is 0.178. The molecule has 6 nitrogen and oxygen atoms in total. The molecule has 136 valence electrons. The topological polar surface area (TPSA) is 81.7 Å². The van der Waals surface area contributed by atoms with Crippen molar-refractivity contribution in [3.8, 4) is 5.75 Å². The lowest BCUT2D eigenvalue weighted by atomic mass is 10.1. The molecule has 2 aromatic carbocycles. The number of rotatable bonds is 7. The number of Topliss-reactive ketones (excluding diaryl/α,β-unsaturated/α-hetero) is 1. The largest absolute Gasteiger partial charge is 0.497 e. The molecule has 0 spiro atoms. The molecule has 0 fully saturated rings. The first-order chi connectivity index (χ1) is 12.4. The first kappa shape index (κ1) is 19.1. The minimum atomic E-state index is -1.03. The van der Waals surface area contributed by atoms with E-state index in [-0.39, 0.29) is 11.3 Å². The first-order valence-corrected chi connectivity index (χ1v) is 7.83. The summed E-state index contributed by atoms with van der Waals surface area (Å²) in [7, 11) is 1.51. The molecule has 0 aliphatic rings. The monoisotopic (exact) mass is 359 g/mol. The summed E-state index contributed by atoms with van der Waals surface area (Å²) in [6.07, 6.45) is -1.03. The van der Waals surface area contributed by atoms with Crippen molar-refractivity contribution in [1.29, 1.82) is 0 Å². The molecule has 2 aromatic rings. The molecule has 2 rings (SSSR count). The quantitative estimate of drug-likeness (QED) is 0.606. The Labute approximate surface area is 149 Å². The van der Waals surface area contributed by atoms with Crippen molar-refractivity contribution in [3.05, 3.63) is 65.5 Å². The van der Waals surface area contributed by atoms with Gasteiger partial charge in [0.05, 0.1) is 12.7 Å². The normalized spacial score (nSPS) is 11.3. The molecule has 0 unspecified atom stereocenters. The van der Waals surface area contributed by atoms with Crippen molar-refractivity contribution < 1.29 is 28.2 Å². The summed E-state index contributed by atoms with van der Waals surface area (Å²) < 4.78 is 23.5. The maximum absolute atomic E-state index is 13.5. The maximum atomic E-state index is 13.5. The number of carbonyl (C=O) groups is 3. The lowest BCUT2D eigenvalue weighted by Crippen LogP contribution is -2.34. The third-order valence-electron chi connectivity index (χ3n) is 3.56. The van der Waals surface area contributed by atoms with E-state index < -0.39 is 30.3 Å². The SMILES string of the molecule is COc1ccc(C(=O)[C@@H](C)OC(=O)CNC(=O)c2ccccc2F)cc1. The highest BCUT2D eigenvalue weighted by atomic mass is 19.1. The van der Waals surface area contributed by atoms with E-state index >= 15 is 0 Å². The highest BCUT2D eigenvalue weighted by Gasteiger charge is 2.20. The van der Waals surface area contributed by atoms with Crippen LogP contribution in [0.25, 0.3) is 0 Å². The predicted octanol–water partition coefficient (Wildman–Crippen LogP) is 2.38. The zero-order valence-electron chi connectivity index (χ0n) is 14.3. The average molecular weight is 359 g/mol. The number of amides is 1. The zero-order chi connectivity index (χ0) is 19.1. The Morgan fingerprint density at radius 3 is 2.35 bits per heavy atom. The lowest BCUT2D eigenvalue weighted by molar-refractivity contribution is -0.145. The Morgan fingerprint density at radius 2 is 1.73 bits per heavy atom. The number of nitrogens with one attached hydrogen (secondary N) is 1. The van der Waals surface area contributed by atoms with E-state index in [0.29, 0.717) is 11.3 Å². The van der Waals surface area contributed by atoms with Crippen LogP contribution in [0.2, 0.25) is 0 Å². The van der Waals surface area contributed by atoms with Gasteiger partial charge >= 0.3 is 5.97 Å². The van der Waals surface area contributed by atoms with Crippen LogP contribution in [0.1, 0.15) is 27.6 Å². The second kappa shape index (κ2) is 8.75. The molecule has 0 radical (unpaired) electrons. The number of hydrogen-bond acceptors (Lipinski definition) is 5. The minimum Gasteiger partial charge on any atom is -0.497 e. The highest BCUT2D eigenvalue weighted by Crippen LogP contribution is 2.14. The van der Waals surface area contributed by atoms with Crippen LogP contribution in [0.5, 0.6) is 5.75 Å². The Hall–Kier alpha value is -3.22. The summed E-state index contributed by atoms with van der Waals surface area (Å²) in [5.74, 6) is -2.02. The fourth-order valence-corrected chi connectivity index (χ4v) is 2.18. The number of halogens is 1. The van der Waals surface area contributed by atoms with E-state index in [2.05, 4.69) is 5.32 Å². The van der Waals surface area contributed by atoms with E-state index in [1.807, 2.05) is 0 Å². The van der Waals surface area contributed by atoms with Gasteiger partial charge in [0.15, 0.2) is 6.10 Å². The van der Waals surface area contributed by atoms with Crippen LogP contribution in [-0.4, -0.2) is 37.4 Å². The van der Waals surface area contributed by atoms with Crippen molar-refractivity contribution in [1.82, 2.24) is 5.32 Å². The molecule has 1 atom stereocenters. The average Bonchev–Trinajstić information content (AvgIpc) is 2.66. The second-order valence-corrected chi connectivity index (χ2v) is 5.39. The zero-order valence-corrected chi connectivity index (χ0v) is 14.3. The lowest BCUT2D eigenvalue weighted by Gasteiger charge is -2.13. The maximum Gasteiger partial charge on any atom is 0.326 e.